The summed E-state index contributed by atoms with van der Waals surface area (Å²) in [5.41, 5.74) is 4.82. The molecule has 0 fully saturated rings. The molecular weight excluding hydrogens is 140 g/mol. The van der Waals surface area contributed by atoms with Gasteiger partial charge in [0.2, 0.25) is 0 Å². The highest BCUT2D eigenvalue weighted by Gasteiger charge is 2.16. The van der Waals surface area contributed by atoms with E-state index in [-0.39, 0.29) is 6.10 Å². The molecule has 3 nitrogen and oxygen atoms in total. The van der Waals surface area contributed by atoms with Crippen LogP contribution in [0, 0.1) is 11.3 Å². The second kappa shape index (κ2) is 4.32. The Balaban J connectivity index is 3.48. The van der Waals surface area contributed by atoms with Crippen LogP contribution in [0.2, 0.25) is 0 Å². The third-order valence-electron chi connectivity index (χ3n) is 1.33. The van der Waals surface area contributed by atoms with Crippen molar-refractivity contribution in [1.82, 2.24) is 0 Å². The van der Waals surface area contributed by atoms with Crippen molar-refractivity contribution in [3.8, 4) is 6.07 Å². The first-order valence-electron chi connectivity index (χ1n) is 3.79. The van der Waals surface area contributed by atoms with Crippen LogP contribution in [0.3, 0.4) is 0 Å². The fraction of sp³-hybridized carbons (Fsp3) is 0.875. The zero-order valence-electron chi connectivity index (χ0n) is 7.42. The largest absolute Gasteiger partial charge is 0.379 e. The van der Waals surface area contributed by atoms with E-state index in [0.717, 1.165) is 0 Å². The van der Waals surface area contributed by atoms with E-state index in [4.69, 9.17) is 15.7 Å². The molecule has 1 atom stereocenters. The van der Waals surface area contributed by atoms with Gasteiger partial charge >= 0.3 is 0 Å². The summed E-state index contributed by atoms with van der Waals surface area (Å²) in [6.45, 7) is 6.18. The maximum Gasteiger partial charge on any atom is 0.103 e. The lowest BCUT2D eigenvalue weighted by atomic mass is 10.0. The van der Waals surface area contributed by atoms with E-state index < -0.39 is 5.54 Å². The summed E-state index contributed by atoms with van der Waals surface area (Å²) in [5, 5.41) is 8.53. The first-order valence-corrected chi connectivity index (χ1v) is 3.79. The molecule has 0 bridgehead atoms. The molecule has 0 spiro atoms. The molecule has 11 heavy (non-hydrogen) atoms. The van der Waals surface area contributed by atoms with E-state index in [9.17, 15) is 0 Å². The number of hydrogen-bond donors (Lipinski definition) is 1. The zero-order chi connectivity index (χ0) is 8.91. The first-order chi connectivity index (χ1) is 4.98. The van der Waals surface area contributed by atoms with Gasteiger partial charge in [-0.1, -0.05) is 0 Å². The molecule has 0 aliphatic carbocycles. The molecule has 0 aliphatic heterocycles. The Morgan fingerprint density at radius 3 is 2.55 bits per heavy atom. The van der Waals surface area contributed by atoms with Gasteiger partial charge in [0.15, 0.2) is 0 Å². The zero-order valence-corrected chi connectivity index (χ0v) is 7.42. The van der Waals surface area contributed by atoms with E-state index in [2.05, 4.69) is 0 Å². The molecular formula is C8H16N2O. The number of nitrogens with two attached hydrogens (primary N) is 1. The van der Waals surface area contributed by atoms with Crippen molar-refractivity contribution in [2.75, 3.05) is 6.61 Å². The number of ether oxygens (including phenoxy) is 1. The maximum atomic E-state index is 8.53. The van der Waals surface area contributed by atoms with Crippen molar-refractivity contribution in [3.63, 3.8) is 0 Å². The fourth-order valence-corrected chi connectivity index (χ4v) is 0.563. The highest BCUT2D eigenvalue weighted by atomic mass is 16.5. The van der Waals surface area contributed by atoms with E-state index in [1.165, 1.54) is 0 Å². The molecule has 64 valence electrons. The lowest BCUT2D eigenvalue weighted by molar-refractivity contribution is 0.0706. The van der Waals surface area contributed by atoms with Crippen molar-refractivity contribution in [3.05, 3.63) is 0 Å². The second-order valence-electron chi connectivity index (χ2n) is 3.20. The number of rotatable bonds is 4. The molecule has 0 aromatic heterocycles. The summed E-state index contributed by atoms with van der Waals surface area (Å²) >= 11 is 0. The van der Waals surface area contributed by atoms with Gasteiger partial charge in [-0.3, -0.25) is 0 Å². The highest BCUT2D eigenvalue weighted by molar-refractivity contribution is 5.00. The third-order valence-corrected chi connectivity index (χ3v) is 1.33. The molecule has 0 heterocycles. The molecule has 3 heteroatoms. The van der Waals surface area contributed by atoms with Crippen LogP contribution in [0.5, 0.6) is 0 Å². The topological polar surface area (TPSA) is 59.0 Å². The van der Waals surface area contributed by atoms with Crippen molar-refractivity contribution in [2.45, 2.75) is 38.8 Å². The monoisotopic (exact) mass is 156 g/mol. The Hall–Kier alpha value is -0.590. The first kappa shape index (κ1) is 10.4. The van der Waals surface area contributed by atoms with Gasteiger partial charge in [-0.15, -0.1) is 0 Å². The van der Waals surface area contributed by atoms with Gasteiger partial charge in [-0.25, -0.2) is 0 Å². The molecule has 0 saturated heterocycles. The second-order valence-corrected chi connectivity index (χ2v) is 3.20. The van der Waals surface area contributed by atoms with Crippen molar-refractivity contribution >= 4 is 0 Å². The third kappa shape index (κ3) is 5.84. The molecule has 0 rings (SSSR count). The van der Waals surface area contributed by atoms with Crippen molar-refractivity contribution in [1.29, 1.82) is 5.26 Å². The van der Waals surface area contributed by atoms with E-state index >= 15 is 0 Å². The minimum absolute atomic E-state index is 0.212. The summed E-state index contributed by atoms with van der Waals surface area (Å²) in [4.78, 5) is 0. The van der Waals surface area contributed by atoms with Crippen LogP contribution in [0.15, 0.2) is 0 Å². The van der Waals surface area contributed by atoms with Crippen LogP contribution in [-0.2, 0) is 4.74 Å². The van der Waals surface area contributed by atoms with Gasteiger partial charge in [-0.05, 0) is 20.8 Å². The molecule has 0 radical (unpaired) electrons. The average molecular weight is 156 g/mol. The smallest absolute Gasteiger partial charge is 0.103 e. The number of hydrogen-bond acceptors (Lipinski definition) is 3. The fourth-order valence-electron chi connectivity index (χ4n) is 0.563. The van der Waals surface area contributed by atoms with Crippen molar-refractivity contribution < 1.29 is 4.74 Å². The van der Waals surface area contributed by atoms with Crippen LogP contribution < -0.4 is 5.73 Å². The van der Waals surface area contributed by atoms with Crippen LogP contribution in [0.4, 0.5) is 0 Å². The summed E-state index contributed by atoms with van der Waals surface area (Å²) in [5.74, 6) is 0. The maximum absolute atomic E-state index is 8.53. The molecule has 1 unspecified atom stereocenters. The van der Waals surface area contributed by atoms with E-state index in [1.54, 1.807) is 6.92 Å². The minimum atomic E-state index is -0.741. The molecule has 0 amide bonds. The molecule has 0 aromatic rings. The Bertz CT molecular complexity index is 147. The normalized spacial score (nSPS) is 16.0. The molecule has 0 saturated carbocycles. The van der Waals surface area contributed by atoms with Crippen LogP contribution in [0.1, 0.15) is 27.2 Å². The lowest BCUT2D eigenvalue weighted by Crippen LogP contribution is -2.35. The van der Waals surface area contributed by atoms with Gasteiger partial charge in [0, 0.05) is 13.0 Å². The standard InChI is InChI=1S/C8H16N2O/c1-7(2)11-5-4-8(3,10)6-9/h7H,4-5,10H2,1-3H3. The summed E-state index contributed by atoms with van der Waals surface area (Å²) in [6.07, 6.45) is 0.797. The quantitative estimate of drug-likeness (QED) is 0.661. The van der Waals surface area contributed by atoms with Gasteiger partial charge in [0.25, 0.3) is 0 Å². The average Bonchev–Trinajstić information content (AvgIpc) is 1.87. The summed E-state index contributed by atoms with van der Waals surface area (Å²) in [7, 11) is 0. The van der Waals surface area contributed by atoms with Gasteiger partial charge in [0.05, 0.1) is 12.2 Å². The van der Waals surface area contributed by atoms with Crippen LogP contribution >= 0.6 is 0 Å². The van der Waals surface area contributed by atoms with Gasteiger partial charge < -0.3 is 10.5 Å². The number of nitrogens with zero attached hydrogens (tertiary/aromatic N) is 1. The lowest BCUT2D eigenvalue weighted by Gasteiger charge is -2.15. The number of nitriles is 1. The van der Waals surface area contributed by atoms with E-state index in [0.29, 0.717) is 13.0 Å². The van der Waals surface area contributed by atoms with Crippen molar-refractivity contribution in [2.24, 2.45) is 5.73 Å². The Labute approximate surface area is 68.1 Å². The van der Waals surface area contributed by atoms with E-state index in [1.807, 2.05) is 19.9 Å². The van der Waals surface area contributed by atoms with Crippen LogP contribution in [-0.4, -0.2) is 18.2 Å². The highest BCUT2D eigenvalue weighted by Crippen LogP contribution is 2.04. The molecule has 0 aromatic carbocycles. The molecule has 0 aliphatic rings. The Kier molecular flexibility index (Phi) is 4.09. The summed E-state index contributed by atoms with van der Waals surface area (Å²) < 4.78 is 5.25. The minimum Gasteiger partial charge on any atom is -0.379 e. The Morgan fingerprint density at radius 2 is 2.18 bits per heavy atom. The Morgan fingerprint density at radius 1 is 1.64 bits per heavy atom. The summed E-state index contributed by atoms with van der Waals surface area (Å²) in [6, 6.07) is 2.01. The van der Waals surface area contributed by atoms with Crippen LogP contribution in [0.25, 0.3) is 0 Å². The SMILES string of the molecule is CC(C)OCCC(C)(N)C#N. The molecule has 2 N–H and O–H groups in total. The predicted molar refractivity (Wildman–Crippen MR) is 43.9 cm³/mol. The predicted octanol–water partition coefficient (Wildman–Crippen LogP) is 1.04. The van der Waals surface area contributed by atoms with Gasteiger partial charge in [0.1, 0.15) is 5.54 Å². The van der Waals surface area contributed by atoms with Gasteiger partial charge in [-0.2, -0.15) is 5.26 Å².